The number of nitrogens with one attached hydrogen (secondary N) is 1. The molecule has 0 saturated heterocycles. The number of hydrogen-bond donors (Lipinski definition) is 1. The zero-order valence-corrected chi connectivity index (χ0v) is 15.2. The van der Waals surface area contributed by atoms with Crippen molar-refractivity contribution in [2.75, 3.05) is 0 Å². The van der Waals surface area contributed by atoms with Crippen LogP contribution in [0.5, 0.6) is 0 Å². The van der Waals surface area contributed by atoms with E-state index in [0.717, 1.165) is 37.1 Å². The number of hydrogen-bond acceptors (Lipinski definition) is 3. The van der Waals surface area contributed by atoms with Gasteiger partial charge in [-0.25, -0.2) is 0 Å². The minimum Gasteiger partial charge on any atom is -0.337 e. The monoisotopic (exact) mass is 390 g/mol. The van der Waals surface area contributed by atoms with Crippen molar-refractivity contribution in [2.45, 2.75) is 60.9 Å². The molecule has 136 valence electrons. The number of nitrogens with zero attached hydrogens (tertiary/aromatic N) is 1. The van der Waals surface area contributed by atoms with Crippen LogP contribution in [0.3, 0.4) is 0 Å². The third kappa shape index (κ3) is 5.05. The highest BCUT2D eigenvalue weighted by molar-refractivity contribution is 8.00. The molecular formula is C17H18ClF3N2OS. The van der Waals surface area contributed by atoms with Crippen molar-refractivity contribution in [3.63, 3.8) is 0 Å². The van der Waals surface area contributed by atoms with Gasteiger partial charge in [-0.1, -0.05) is 30.9 Å². The molecule has 1 atom stereocenters. The van der Waals surface area contributed by atoms with Crippen LogP contribution in [0.15, 0.2) is 23.1 Å². The van der Waals surface area contributed by atoms with Crippen LogP contribution >= 0.6 is 23.4 Å². The maximum Gasteiger partial charge on any atom is 0.417 e. The van der Waals surface area contributed by atoms with E-state index in [4.69, 9.17) is 11.6 Å². The highest BCUT2D eigenvalue weighted by Gasteiger charge is 2.36. The smallest absolute Gasteiger partial charge is 0.337 e. The predicted molar refractivity (Wildman–Crippen MR) is 91.3 cm³/mol. The molecule has 0 aromatic heterocycles. The predicted octanol–water partition coefficient (Wildman–Crippen LogP) is 5.18. The molecule has 1 N–H and O–H groups in total. The molecule has 1 aromatic rings. The summed E-state index contributed by atoms with van der Waals surface area (Å²) in [5, 5.41) is 11.2. The van der Waals surface area contributed by atoms with Gasteiger partial charge >= 0.3 is 6.18 Å². The summed E-state index contributed by atoms with van der Waals surface area (Å²) < 4.78 is 38.8. The third-order valence-corrected chi connectivity index (χ3v) is 5.63. The Morgan fingerprint density at radius 3 is 2.56 bits per heavy atom. The number of halogens is 4. The van der Waals surface area contributed by atoms with E-state index >= 15 is 0 Å². The Hall–Kier alpha value is -1.39. The van der Waals surface area contributed by atoms with Crippen molar-refractivity contribution in [3.8, 4) is 6.07 Å². The minimum atomic E-state index is -4.55. The molecule has 1 fully saturated rings. The first-order chi connectivity index (χ1) is 11.7. The van der Waals surface area contributed by atoms with Crippen LogP contribution in [0.1, 0.15) is 44.6 Å². The molecule has 1 amide bonds. The Morgan fingerprint density at radius 2 is 2.00 bits per heavy atom. The lowest BCUT2D eigenvalue weighted by atomic mass is 9.83. The molecule has 1 aliphatic carbocycles. The Bertz CT molecular complexity index is 681. The normalized spacial score (nSPS) is 18.2. The molecule has 1 aromatic carbocycles. The highest BCUT2D eigenvalue weighted by atomic mass is 35.5. The fourth-order valence-electron chi connectivity index (χ4n) is 2.81. The topological polar surface area (TPSA) is 52.9 Å². The molecule has 8 heteroatoms. The molecule has 1 saturated carbocycles. The van der Waals surface area contributed by atoms with Crippen LogP contribution < -0.4 is 5.32 Å². The molecule has 0 aliphatic heterocycles. The van der Waals surface area contributed by atoms with Crippen molar-refractivity contribution in [1.82, 2.24) is 5.32 Å². The number of nitriles is 1. The van der Waals surface area contributed by atoms with Gasteiger partial charge in [-0.3, -0.25) is 4.79 Å². The Kier molecular flexibility index (Phi) is 6.28. The molecule has 0 unspecified atom stereocenters. The molecule has 1 aliphatic rings. The minimum absolute atomic E-state index is 0.300. The molecule has 0 spiro atoms. The number of amides is 1. The van der Waals surface area contributed by atoms with Crippen molar-refractivity contribution in [2.24, 2.45) is 0 Å². The molecule has 0 radical (unpaired) electrons. The fraction of sp³-hybridized carbons (Fsp3) is 0.529. The largest absolute Gasteiger partial charge is 0.417 e. The van der Waals surface area contributed by atoms with E-state index in [2.05, 4.69) is 11.4 Å². The van der Waals surface area contributed by atoms with Gasteiger partial charge in [0.2, 0.25) is 5.91 Å². The van der Waals surface area contributed by atoms with Gasteiger partial charge in [-0.05, 0) is 38.0 Å². The molecular weight excluding hydrogens is 373 g/mol. The quantitative estimate of drug-likeness (QED) is 0.720. The number of alkyl halides is 3. The molecule has 25 heavy (non-hydrogen) atoms. The summed E-state index contributed by atoms with van der Waals surface area (Å²) in [5.41, 5.74) is -1.78. The Balaban J connectivity index is 2.08. The van der Waals surface area contributed by atoms with Gasteiger partial charge in [0.15, 0.2) is 0 Å². The molecule has 0 heterocycles. The summed E-state index contributed by atoms with van der Waals surface area (Å²) in [4.78, 5) is 12.7. The zero-order valence-electron chi connectivity index (χ0n) is 13.6. The van der Waals surface area contributed by atoms with Gasteiger partial charge in [0.1, 0.15) is 5.54 Å². The lowest BCUT2D eigenvalue weighted by Gasteiger charge is -2.32. The maximum absolute atomic E-state index is 12.9. The SMILES string of the molecule is C[C@H](Sc1ccc(Cl)c(C(F)(F)F)c1)C(=O)NC1(C#N)CCCCC1. The van der Waals surface area contributed by atoms with Crippen molar-refractivity contribution >= 4 is 29.3 Å². The van der Waals surface area contributed by atoms with E-state index in [0.29, 0.717) is 17.7 Å². The van der Waals surface area contributed by atoms with Gasteiger partial charge in [-0.15, -0.1) is 11.8 Å². The zero-order chi connectivity index (χ0) is 18.7. The van der Waals surface area contributed by atoms with Crippen LogP contribution in [0.4, 0.5) is 13.2 Å². The lowest BCUT2D eigenvalue weighted by Crippen LogP contribution is -2.50. The first-order valence-electron chi connectivity index (χ1n) is 7.93. The van der Waals surface area contributed by atoms with E-state index in [1.807, 2.05) is 0 Å². The lowest BCUT2D eigenvalue weighted by molar-refractivity contribution is -0.137. The second-order valence-corrected chi connectivity index (χ2v) is 7.96. The molecule has 2 rings (SSSR count). The van der Waals surface area contributed by atoms with Crippen LogP contribution in [0, 0.1) is 11.3 Å². The average Bonchev–Trinajstić information content (AvgIpc) is 2.56. The van der Waals surface area contributed by atoms with E-state index < -0.39 is 22.5 Å². The van der Waals surface area contributed by atoms with E-state index in [-0.39, 0.29) is 10.9 Å². The Labute approximate surface area is 153 Å². The van der Waals surface area contributed by atoms with Gasteiger partial charge in [0, 0.05) is 4.90 Å². The summed E-state index contributed by atoms with van der Waals surface area (Å²) in [6.07, 6.45) is -0.554. The van der Waals surface area contributed by atoms with Crippen LogP contribution in [-0.4, -0.2) is 16.7 Å². The van der Waals surface area contributed by atoms with Gasteiger partial charge in [0.25, 0.3) is 0 Å². The summed E-state index contributed by atoms with van der Waals surface area (Å²) in [6, 6.07) is 5.76. The van der Waals surface area contributed by atoms with Gasteiger partial charge < -0.3 is 5.32 Å². The standard InChI is InChI=1S/C17H18ClF3N2OS/c1-11(15(24)23-16(10-22)7-3-2-4-8-16)25-12-5-6-14(18)13(9-12)17(19,20)21/h5-6,9,11H,2-4,7-8H2,1H3,(H,23,24)/t11-/m0/s1. The van der Waals surface area contributed by atoms with E-state index in [9.17, 15) is 23.2 Å². The van der Waals surface area contributed by atoms with Crippen molar-refractivity contribution in [1.29, 1.82) is 5.26 Å². The Morgan fingerprint density at radius 1 is 1.36 bits per heavy atom. The number of thioether (sulfide) groups is 1. The first-order valence-corrected chi connectivity index (χ1v) is 9.19. The summed E-state index contributed by atoms with van der Waals surface area (Å²) in [6.45, 7) is 1.61. The molecule has 0 bridgehead atoms. The fourth-order valence-corrected chi connectivity index (χ4v) is 3.94. The van der Waals surface area contributed by atoms with Crippen molar-refractivity contribution in [3.05, 3.63) is 28.8 Å². The molecule has 3 nitrogen and oxygen atoms in total. The van der Waals surface area contributed by atoms with Crippen molar-refractivity contribution < 1.29 is 18.0 Å². The number of benzene rings is 1. The third-order valence-electron chi connectivity index (χ3n) is 4.21. The van der Waals surface area contributed by atoms with E-state index in [1.54, 1.807) is 6.92 Å². The van der Waals surface area contributed by atoms with Crippen LogP contribution in [0.2, 0.25) is 5.02 Å². The van der Waals surface area contributed by atoms with Crippen LogP contribution in [0.25, 0.3) is 0 Å². The van der Waals surface area contributed by atoms with Gasteiger partial charge in [-0.2, -0.15) is 18.4 Å². The second-order valence-electron chi connectivity index (χ2n) is 6.14. The maximum atomic E-state index is 12.9. The van der Waals surface area contributed by atoms with Crippen LogP contribution in [-0.2, 0) is 11.0 Å². The summed E-state index contributed by atoms with van der Waals surface area (Å²) in [5.74, 6) is -0.350. The number of carbonyl (C=O) groups excluding carboxylic acids is 1. The average molecular weight is 391 g/mol. The summed E-state index contributed by atoms with van der Waals surface area (Å²) >= 11 is 6.61. The highest BCUT2D eigenvalue weighted by Crippen LogP contribution is 2.38. The first kappa shape index (κ1) is 19.9. The second kappa shape index (κ2) is 7.88. The number of rotatable bonds is 4. The van der Waals surface area contributed by atoms with Gasteiger partial charge in [0.05, 0.1) is 21.9 Å². The number of carbonyl (C=O) groups is 1. The summed E-state index contributed by atoms with van der Waals surface area (Å²) in [7, 11) is 0. The van der Waals surface area contributed by atoms with E-state index in [1.165, 1.54) is 12.1 Å².